The molecule has 2 heterocycles. The van der Waals surface area contributed by atoms with E-state index in [0.29, 0.717) is 24.3 Å². The molecule has 0 bridgehead atoms. The van der Waals surface area contributed by atoms with Crippen LogP contribution in [-0.4, -0.2) is 75.5 Å². The van der Waals surface area contributed by atoms with Gasteiger partial charge >= 0.3 is 0 Å². The van der Waals surface area contributed by atoms with Crippen LogP contribution in [0.2, 0.25) is 0 Å². The molecule has 4 atom stereocenters. The first-order valence-electron chi connectivity index (χ1n) is 5.99. The Labute approximate surface area is 107 Å². The molecule has 0 radical (unpaired) electrons. The van der Waals surface area contributed by atoms with E-state index in [4.69, 9.17) is 9.47 Å². The molecule has 2 fully saturated rings. The van der Waals surface area contributed by atoms with Crippen molar-refractivity contribution in [1.82, 2.24) is 9.80 Å². The Balaban J connectivity index is 0.000000284. The van der Waals surface area contributed by atoms with Crippen molar-refractivity contribution in [3.8, 4) is 0 Å². The van der Waals surface area contributed by atoms with Gasteiger partial charge in [0.15, 0.2) is 0 Å². The molecule has 2 saturated heterocycles. The van der Waals surface area contributed by atoms with E-state index in [2.05, 4.69) is 51.8 Å². The molecule has 2 rings (SSSR count). The monoisotopic (exact) mass is 246 g/mol. The standard InChI is InChI=1S/2C6H13NO.CH4/c2*1-5(7(2)3)6-4-8-6;/h2*5-6H,4H2,1-3H3;1H4/t5-,6?;5-,6+;/m00./s1. The molecule has 0 N–H and O–H groups in total. The van der Waals surface area contributed by atoms with E-state index in [1.807, 2.05) is 0 Å². The van der Waals surface area contributed by atoms with Gasteiger partial charge in [0.25, 0.3) is 0 Å². The first-order chi connectivity index (χ1) is 7.43. The maximum absolute atomic E-state index is 5.09. The summed E-state index contributed by atoms with van der Waals surface area (Å²) in [5.74, 6) is 0. The van der Waals surface area contributed by atoms with Crippen LogP contribution in [0.25, 0.3) is 0 Å². The molecule has 2 aliphatic rings. The average Bonchev–Trinajstić information content (AvgIpc) is 3.03. The molecule has 0 amide bonds. The number of hydrogen-bond acceptors (Lipinski definition) is 4. The van der Waals surface area contributed by atoms with Crippen LogP contribution in [0.1, 0.15) is 21.3 Å². The lowest BCUT2D eigenvalue weighted by atomic mass is 10.2. The molecular formula is C13H30N2O2. The van der Waals surface area contributed by atoms with Crippen molar-refractivity contribution in [3.63, 3.8) is 0 Å². The summed E-state index contributed by atoms with van der Waals surface area (Å²) < 4.78 is 10.2. The van der Waals surface area contributed by atoms with E-state index in [1.165, 1.54) is 0 Å². The van der Waals surface area contributed by atoms with Crippen molar-refractivity contribution >= 4 is 0 Å². The number of hydrogen-bond donors (Lipinski definition) is 0. The highest BCUT2D eigenvalue weighted by Gasteiger charge is 2.30. The average molecular weight is 246 g/mol. The SMILES string of the molecule is C.C[C@@H](C1CO1)N(C)C.C[C@@H]([C@H]1CO1)N(C)C. The Hall–Kier alpha value is -0.160. The summed E-state index contributed by atoms with van der Waals surface area (Å²) >= 11 is 0. The third-order valence-corrected chi connectivity index (χ3v) is 3.42. The summed E-state index contributed by atoms with van der Waals surface area (Å²) in [7, 11) is 8.30. The number of ether oxygens (including phenoxy) is 2. The van der Waals surface area contributed by atoms with Crippen molar-refractivity contribution in [2.75, 3.05) is 41.4 Å². The molecule has 0 aromatic carbocycles. The van der Waals surface area contributed by atoms with Crippen LogP contribution >= 0.6 is 0 Å². The highest BCUT2D eigenvalue weighted by molar-refractivity contribution is 4.81. The molecule has 4 nitrogen and oxygen atoms in total. The van der Waals surface area contributed by atoms with Gasteiger partial charge in [0.05, 0.1) is 25.4 Å². The second kappa shape index (κ2) is 7.31. The Morgan fingerprint density at radius 1 is 0.824 bits per heavy atom. The van der Waals surface area contributed by atoms with Gasteiger partial charge in [-0.25, -0.2) is 0 Å². The summed E-state index contributed by atoms with van der Waals surface area (Å²) in [4.78, 5) is 4.36. The van der Waals surface area contributed by atoms with Gasteiger partial charge in [0.1, 0.15) is 0 Å². The minimum Gasteiger partial charge on any atom is -0.371 e. The normalized spacial score (nSPS) is 28.9. The summed E-state index contributed by atoms with van der Waals surface area (Å²) in [6.45, 7) is 6.27. The zero-order valence-corrected chi connectivity index (χ0v) is 11.4. The quantitative estimate of drug-likeness (QED) is 0.700. The highest BCUT2D eigenvalue weighted by Crippen LogP contribution is 2.16. The van der Waals surface area contributed by atoms with Gasteiger partial charge in [-0.15, -0.1) is 0 Å². The van der Waals surface area contributed by atoms with Gasteiger partial charge in [-0.1, -0.05) is 7.43 Å². The predicted octanol–water partition coefficient (Wildman–Crippen LogP) is 1.31. The topological polar surface area (TPSA) is 31.5 Å². The van der Waals surface area contributed by atoms with Crippen LogP contribution in [-0.2, 0) is 9.47 Å². The van der Waals surface area contributed by atoms with Gasteiger partial charge in [-0.05, 0) is 42.0 Å². The third-order valence-electron chi connectivity index (χ3n) is 3.42. The van der Waals surface area contributed by atoms with Crippen molar-refractivity contribution < 1.29 is 9.47 Å². The van der Waals surface area contributed by atoms with Crippen molar-refractivity contribution in [2.24, 2.45) is 0 Å². The first-order valence-corrected chi connectivity index (χ1v) is 5.99. The molecule has 0 aliphatic carbocycles. The summed E-state index contributed by atoms with van der Waals surface area (Å²) in [6.07, 6.45) is 1.04. The van der Waals surface area contributed by atoms with E-state index >= 15 is 0 Å². The predicted molar refractivity (Wildman–Crippen MR) is 72.5 cm³/mol. The summed E-state index contributed by atoms with van der Waals surface area (Å²) in [6, 6.07) is 1.19. The first kappa shape index (κ1) is 16.8. The number of epoxide rings is 2. The van der Waals surface area contributed by atoms with Crippen LogP contribution in [0.4, 0.5) is 0 Å². The van der Waals surface area contributed by atoms with E-state index in [1.54, 1.807) is 0 Å². The smallest absolute Gasteiger partial charge is 0.0961 e. The Morgan fingerprint density at radius 3 is 1.12 bits per heavy atom. The number of likely N-dealkylation sites (N-methyl/N-ethyl adjacent to an activating group) is 2. The molecule has 4 heteroatoms. The molecule has 0 spiro atoms. The third kappa shape index (κ3) is 6.36. The summed E-state index contributed by atoms with van der Waals surface area (Å²) in [5, 5.41) is 0. The van der Waals surface area contributed by atoms with Crippen LogP contribution in [0.15, 0.2) is 0 Å². The molecule has 104 valence electrons. The lowest BCUT2D eigenvalue weighted by molar-refractivity contribution is 0.246. The molecule has 0 aromatic rings. The van der Waals surface area contributed by atoms with Crippen molar-refractivity contribution in [3.05, 3.63) is 0 Å². The molecular weight excluding hydrogens is 216 g/mol. The zero-order valence-electron chi connectivity index (χ0n) is 11.4. The number of nitrogens with zero attached hydrogens (tertiary/aromatic N) is 2. The minimum atomic E-state index is 0. The van der Waals surface area contributed by atoms with Gasteiger partial charge in [0.2, 0.25) is 0 Å². The van der Waals surface area contributed by atoms with Gasteiger partial charge in [-0.3, -0.25) is 0 Å². The fraction of sp³-hybridized carbons (Fsp3) is 1.00. The van der Waals surface area contributed by atoms with Crippen LogP contribution < -0.4 is 0 Å². The van der Waals surface area contributed by atoms with Gasteiger partial charge in [0, 0.05) is 12.1 Å². The fourth-order valence-corrected chi connectivity index (χ4v) is 1.33. The Kier molecular flexibility index (Phi) is 7.24. The lowest BCUT2D eigenvalue weighted by Gasteiger charge is -2.16. The largest absolute Gasteiger partial charge is 0.371 e. The second-order valence-electron chi connectivity index (χ2n) is 5.15. The van der Waals surface area contributed by atoms with Crippen LogP contribution in [0, 0.1) is 0 Å². The van der Waals surface area contributed by atoms with E-state index in [9.17, 15) is 0 Å². The maximum atomic E-state index is 5.09. The molecule has 17 heavy (non-hydrogen) atoms. The summed E-state index contributed by atoms with van der Waals surface area (Å²) in [5.41, 5.74) is 0. The highest BCUT2D eigenvalue weighted by atomic mass is 16.6. The molecule has 0 aromatic heterocycles. The zero-order chi connectivity index (χ0) is 12.3. The molecule has 2 aliphatic heterocycles. The molecule has 1 unspecified atom stereocenters. The van der Waals surface area contributed by atoms with Crippen molar-refractivity contribution in [2.45, 2.75) is 45.6 Å². The van der Waals surface area contributed by atoms with Crippen LogP contribution in [0.5, 0.6) is 0 Å². The minimum absolute atomic E-state index is 0. The Morgan fingerprint density at radius 2 is 1.06 bits per heavy atom. The van der Waals surface area contributed by atoms with E-state index in [-0.39, 0.29) is 7.43 Å². The van der Waals surface area contributed by atoms with Gasteiger partial charge in [-0.2, -0.15) is 0 Å². The van der Waals surface area contributed by atoms with Gasteiger partial charge < -0.3 is 19.3 Å². The number of rotatable bonds is 4. The molecule has 0 saturated carbocycles. The van der Waals surface area contributed by atoms with Crippen molar-refractivity contribution in [1.29, 1.82) is 0 Å². The maximum Gasteiger partial charge on any atom is 0.0961 e. The van der Waals surface area contributed by atoms with E-state index in [0.717, 1.165) is 13.2 Å². The second-order valence-corrected chi connectivity index (χ2v) is 5.15. The van der Waals surface area contributed by atoms with Crippen LogP contribution in [0.3, 0.4) is 0 Å². The lowest BCUT2D eigenvalue weighted by Crippen LogP contribution is -2.29. The fourth-order valence-electron chi connectivity index (χ4n) is 1.33. The Bertz CT molecular complexity index is 176. The van der Waals surface area contributed by atoms with E-state index < -0.39 is 0 Å².